The Labute approximate surface area is 749 Å². The first-order valence-electron chi connectivity index (χ1n) is 46.0. The second-order valence-corrected chi connectivity index (χ2v) is 31.9. The highest BCUT2D eigenvalue weighted by molar-refractivity contribution is 5.90. The Balaban J connectivity index is -0.000000679. The summed E-state index contributed by atoms with van der Waals surface area (Å²) in [6.07, 6.45) is 41.3. The average molecular weight is 1720 g/mol. The quantitative estimate of drug-likeness (QED) is 0.0130. The van der Waals surface area contributed by atoms with Crippen molar-refractivity contribution in [2.45, 2.75) is 189 Å². The van der Waals surface area contributed by atoms with E-state index in [-0.39, 0.29) is 17.9 Å². The van der Waals surface area contributed by atoms with Gasteiger partial charge in [-0.2, -0.15) is 0 Å². The van der Waals surface area contributed by atoms with Crippen LogP contribution in [0.2, 0.25) is 0 Å². The molecule has 0 saturated heterocycles. The van der Waals surface area contributed by atoms with Crippen molar-refractivity contribution in [1.82, 2.24) is 0 Å². The predicted octanol–water partition coefficient (Wildman–Crippen LogP) is 16.2. The third-order valence-corrected chi connectivity index (χ3v) is 22.8. The summed E-state index contributed by atoms with van der Waals surface area (Å²) in [4.78, 5) is 78.1. The van der Waals surface area contributed by atoms with Gasteiger partial charge < -0.3 is 64.5 Å². The topological polar surface area (TPSA) is 184 Å². The minimum atomic E-state index is -0.585. The van der Waals surface area contributed by atoms with Crippen LogP contribution in [0.3, 0.4) is 0 Å². The molecule has 3 rings (SSSR count). The number of quaternary nitrogens is 7. The van der Waals surface area contributed by atoms with Gasteiger partial charge in [-0.3, -0.25) is 0 Å². The largest absolute Gasteiger partial charge is 0.457 e. The van der Waals surface area contributed by atoms with Gasteiger partial charge in [0.25, 0.3) is 0 Å². The summed E-state index contributed by atoms with van der Waals surface area (Å²) in [6, 6.07) is 29.3. The molecule has 0 aliphatic heterocycles. The molecule has 0 heterocycles. The zero-order valence-electron chi connectivity index (χ0n) is 81.0. The molecule has 0 aliphatic rings. The lowest BCUT2D eigenvalue weighted by molar-refractivity contribution is -0.927. The first-order chi connectivity index (χ1) is 58.8. The molecule has 0 bridgehead atoms. The van der Waals surface area contributed by atoms with Crippen molar-refractivity contribution in [2.75, 3.05) is 231 Å². The van der Waals surface area contributed by atoms with Crippen LogP contribution >= 0.6 is 0 Å². The maximum Gasteiger partial charge on any atom is 0.384 e. The number of likely N-dealkylation sites (N-methyl/N-ethyl adjacent to an activating group) is 7. The summed E-state index contributed by atoms with van der Waals surface area (Å²) in [6.45, 7) is 68.7. The molecule has 123 heavy (non-hydrogen) atoms. The number of unbranched alkanes of at least 4 members (excludes halogenated alkanes) is 2. The highest BCUT2D eigenvalue weighted by Gasteiger charge is 2.28. The monoisotopic (exact) mass is 1720 g/mol. The van der Waals surface area contributed by atoms with Gasteiger partial charge in [0.15, 0.2) is 0 Å². The molecule has 3 aromatic rings. The minimum Gasteiger partial charge on any atom is -0.457 e. The van der Waals surface area contributed by atoms with Gasteiger partial charge in [0.1, 0.15) is 92.1 Å². The Morgan fingerprint density at radius 3 is 0.618 bits per heavy atom. The van der Waals surface area contributed by atoms with Gasteiger partial charge in [0.05, 0.1) is 139 Å². The van der Waals surface area contributed by atoms with E-state index in [9.17, 15) is 33.6 Å². The number of rotatable bonds is 55. The van der Waals surface area contributed by atoms with Gasteiger partial charge in [-0.05, 0) is 156 Å². The fraction of sp³-hybridized carbons (Fsp3) is 0.618. The molecule has 692 valence electrons. The molecule has 0 aromatic heterocycles. The van der Waals surface area contributed by atoms with Gasteiger partial charge in [-0.15, -0.1) is 25.7 Å². The van der Waals surface area contributed by atoms with Crippen molar-refractivity contribution < 1.29 is 98.1 Å². The van der Waals surface area contributed by atoms with Crippen LogP contribution in [0, 0.1) is 49.4 Å². The second kappa shape index (κ2) is 75.6. The molecular weight excluding hydrogens is 1550 g/mol. The smallest absolute Gasteiger partial charge is 0.384 e. The van der Waals surface area contributed by atoms with Crippen LogP contribution in [-0.2, 0) is 66.7 Å². The van der Waals surface area contributed by atoms with E-state index in [1.165, 1.54) is 56.9 Å². The van der Waals surface area contributed by atoms with E-state index in [0.717, 1.165) is 237 Å². The fourth-order valence-electron chi connectivity index (χ4n) is 14.3. The van der Waals surface area contributed by atoms with Crippen LogP contribution in [0.15, 0.2) is 109 Å². The van der Waals surface area contributed by atoms with Crippen molar-refractivity contribution in [1.29, 1.82) is 0 Å². The molecule has 2 atom stereocenters. The fourth-order valence-corrected chi connectivity index (χ4v) is 14.3. The van der Waals surface area contributed by atoms with E-state index in [0.29, 0.717) is 46.2 Å². The number of hydrogen-bond acceptors (Lipinski definition) is 14. The predicted molar refractivity (Wildman–Crippen MR) is 508 cm³/mol. The van der Waals surface area contributed by atoms with Crippen LogP contribution in [-0.4, -0.2) is 304 Å². The van der Waals surface area contributed by atoms with Crippen LogP contribution in [0.5, 0.6) is 0 Å². The molecule has 0 spiro atoms. The number of hydrogen-bond donors (Lipinski definition) is 0. The Morgan fingerprint density at radius 1 is 0.252 bits per heavy atom. The molecule has 21 nitrogen and oxygen atoms in total. The Bertz CT molecular complexity index is 3460. The normalized spacial score (nSPS) is 12.1. The van der Waals surface area contributed by atoms with Gasteiger partial charge in [0.2, 0.25) is 0 Å². The molecule has 0 fully saturated rings. The van der Waals surface area contributed by atoms with Crippen LogP contribution in [0.25, 0.3) is 18.2 Å². The van der Waals surface area contributed by atoms with Crippen molar-refractivity contribution in [3.05, 3.63) is 126 Å². The van der Waals surface area contributed by atoms with E-state index in [2.05, 4.69) is 129 Å². The number of carbonyl (C=O) groups is 7. The molecule has 0 aliphatic carbocycles. The third kappa shape index (κ3) is 61.2. The van der Waals surface area contributed by atoms with Crippen molar-refractivity contribution in [3.8, 4) is 49.4 Å². The lowest BCUT2D eigenvalue weighted by atomic mass is 10.2. The second-order valence-electron chi connectivity index (χ2n) is 31.9. The summed E-state index contributed by atoms with van der Waals surface area (Å²) in [5.74, 6) is 4.73. The summed E-state index contributed by atoms with van der Waals surface area (Å²) in [7, 11) is 6.05. The molecule has 0 saturated carbocycles. The SMILES string of the molecule is C#CC(=O)OCC[N+](C)(C)C.C#CC(=O)OCC[N+](CC)(CC)CC.C#CC(=O)OCC[N+](CC)(CCC)CCC.C#CC(=O)OCC[N+](CC)(CCC)CCCC.CCCC[N+](CC)(CCC)CCOC(=O)/C=C/c1ccccc1.CCC[N+](CC)(CCC)CCOC(=O)/C=C/c1ccccc1.CC[N+](CC)(CC)CCOC(=O)/C=C/c1ccccc1. The number of benzene rings is 3. The maximum atomic E-state index is 11.8. The van der Waals surface area contributed by atoms with Gasteiger partial charge in [-0.25, -0.2) is 33.6 Å². The molecule has 3 aromatic carbocycles. The van der Waals surface area contributed by atoms with E-state index in [1.807, 2.05) is 136 Å². The summed E-state index contributed by atoms with van der Waals surface area (Å²) >= 11 is 0. The van der Waals surface area contributed by atoms with Crippen molar-refractivity contribution in [2.24, 2.45) is 0 Å². The number of ether oxygens (including phenoxy) is 7. The van der Waals surface area contributed by atoms with Crippen molar-refractivity contribution in [3.63, 3.8) is 0 Å². The zero-order valence-corrected chi connectivity index (χ0v) is 81.0. The van der Waals surface area contributed by atoms with E-state index in [1.54, 1.807) is 18.2 Å². The van der Waals surface area contributed by atoms with Crippen LogP contribution in [0.4, 0.5) is 0 Å². The van der Waals surface area contributed by atoms with Crippen molar-refractivity contribution >= 4 is 60.0 Å². The lowest BCUT2D eigenvalue weighted by Crippen LogP contribution is -2.51. The van der Waals surface area contributed by atoms with Gasteiger partial charge in [-0.1, -0.05) is 159 Å². The lowest BCUT2D eigenvalue weighted by Gasteiger charge is -2.37. The van der Waals surface area contributed by atoms with Crippen LogP contribution in [0.1, 0.15) is 206 Å². The average Bonchev–Trinajstić information content (AvgIpc) is 0.888. The highest BCUT2D eigenvalue weighted by atomic mass is 16.6. The summed E-state index contributed by atoms with van der Waals surface area (Å²) in [5.41, 5.74) is 3.03. The zero-order chi connectivity index (χ0) is 93.6. The first kappa shape index (κ1) is 120. The number of terminal acetylenes is 4. The number of nitrogens with zero attached hydrogens (tertiary/aromatic N) is 7. The minimum absolute atomic E-state index is 0.255. The molecule has 2 unspecified atom stereocenters. The standard InChI is InChI=1S/C20H32NO2.C19H30NO2.C17H26NO2.C14H26NO2.C13H24NO2.C11H20NO2.C8H14NO2/c1-4-7-16-21(6-3,15-5-2)17-18-23-20(22)14-13-19-11-9-8-10-12-19;1-4-14-20(6-3,15-5-2)16-17-22-19(21)13-12-18-10-8-7-9-11-18;1-4-18(5-2,6-3)14-15-20-17(19)13-12-16-10-8-7-9-11-16;1-5-9-11-15(8-4,10-6-2)12-13-17-14(16)7-3;1-5-9-14(8-4,10-6-2)11-12-16-13(15)7-3;1-5-11(13)14-10-9-12(6-2,7-3)8-4;1-5-8(10)11-7-6-9(2,3)4/h8-14H,4-7,15-18H2,1-3H3;7-13H,4-6,14-17H2,1-3H3;7-13H,4-6,14-15H2,1-3H3;3H,5-6,8-13H2,1-2,4H3;3H,5-6,8-12H2,1-2,4H3;1H,6-10H2,2-4H3;1H,6-7H2,2-4H3/q7*+1/b14-13+;2*13-12+;;;;. The Kier molecular flexibility index (Phi) is 74.1. The van der Waals surface area contributed by atoms with Gasteiger partial charge in [0, 0.05) is 41.9 Å². The first-order valence-corrected chi connectivity index (χ1v) is 46.0. The molecule has 0 N–H and O–H groups in total. The Morgan fingerprint density at radius 2 is 0.439 bits per heavy atom. The maximum absolute atomic E-state index is 11.8. The molecule has 21 heteroatoms. The summed E-state index contributed by atoms with van der Waals surface area (Å²) in [5, 5.41) is 0. The molecular formula is C102H172N7O14+7. The van der Waals surface area contributed by atoms with Crippen LogP contribution < -0.4 is 0 Å². The van der Waals surface area contributed by atoms with Gasteiger partial charge >= 0.3 is 41.8 Å². The number of esters is 7. The third-order valence-electron chi connectivity index (χ3n) is 22.8. The van der Waals surface area contributed by atoms with E-state index < -0.39 is 23.9 Å². The highest BCUT2D eigenvalue weighted by Crippen LogP contribution is 2.16. The van der Waals surface area contributed by atoms with E-state index >= 15 is 0 Å². The summed E-state index contributed by atoms with van der Waals surface area (Å²) < 4.78 is 42.4. The Hall–Kier alpha value is -8.87. The molecule has 0 amide bonds. The number of carbonyl (C=O) groups excluding carboxylic acids is 7. The van der Waals surface area contributed by atoms with E-state index in [4.69, 9.17) is 54.1 Å². The molecule has 0 radical (unpaired) electrons.